The van der Waals surface area contributed by atoms with Gasteiger partial charge < -0.3 is 11.1 Å². The van der Waals surface area contributed by atoms with Crippen LogP contribution in [0.5, 0.6) is 0 Å². The minimum absolute atomic E-state index is 0.0515. The van der Waals surface area contributed by atoms with E-state index in [0.29, 0.717) is 28.5 Å². The number of primary amides is 1. The van der Waals surface area contributed by atoms with Gasteiger partial charge in [-0.05, 0) is 53.1 Å². The summed E-state index contributed by atoms with van der Waals surface area (Å²) in [6, 6.07) is 19.5. The van der Waals surface area contributed by atoms with Crippen LogP contribution in [-0.4, -0.2) is 11.9 Å². The zero-order valence-corrected chi connectivity index (χ0v) is 15.0. The summed E-state index contributed by atoms with van der Waals surface area (Å²) in [5, 5.41) is 3.37. The second kappa shape index (κ2) is 6.78. The van der Waals surface area contributed by atoms with Gasteiger partial charge in [-0.2, -0.15) is 0 Å². The van der Waals surface area contributed by atoms with Crippen molar-refractivity contribution in [1.29, 1.82) is 0 Å². The minimum Gasteiger partial charge on any atom is -0.351 e. The first-order valence-electron chi connectivity index (χ1n) is 8.40. The number of urea groups is 1. The van der Waals surface area contributed by atoms with Crippen LogP contribution in [0.3, 0.4) is 0 Å². The summed E-state index contributed by atoms with van der Waals surface area (Å²) < 4.78 is 0. The second-order valence-corrected chi connectivity index (χ2v) is 6.65. The monoisotopic (exact) mass is 377 g/mol. The molecule has 1 heterocycles. The Labute approximate surface area is 161 Å². The zero-order valence-electron chi connectivity index (χ0n) is 14.3. The molecule has 0 aromatic heterocycles. The highest BCUT2D eigenvalue weighted by atomic mass is 35.5. The fourth-order valence-electron chi connectivity index (χ4n) is 3.33. The lowest BCUT2D eigenvalue weighted by Gasteiger charge is -2.21. The van der Waals surface area contributed by atoms with Crippen molar-refractivity contribution >= 4 is 34.9 Å². The summed E-state index contributed by atoms with van der Waals surface area (Å²) in [6.07, 6.45) is 0. The number of nitrogens with two attached hydrogens (primary N) is 1. The Morgan fingerprint density at radius 3 is 2.37 bits per heavy atom. The van der Waals surface area contributed by atoms with Gasteiger partial charge in [0.15, 0.2) is 0 Å². The van der Waals surface area contributed by atoms with Crippen molar-refractivity contribution in [1.82, 2.24) is 5.32 Å². The first-order chi connectivity index (χ1) is 13.0. The van der Waals surface area contributed by atoms with Crippen LogP contribution < -0.4 is 16.0 Å². The first-order valence-corrected chi connectivity index (χ1v) is 8.78. The average Bonchev–Trinajstić information content (AvgIpc) is 3.04. The average molecular weight is 378 g/mol. The third-order valence-electron chi connectivity index (χ3n) is 4.57. The van der Waals surface area contributed by atoms with Crippen LogP contribution in [0, 0.1) is 0 Å². The molecule has 1 aliphatic heterocycles. The molecule has 0 unspecified atom stereocenters. The number of hydrogen-bond donors (Lipinski definition) is 2. The van der Waals surface area contributed by atoms with Gasteiger partial charge in [-0.1, -0.05) is 41.9 Å². The van der Waals surface area contributed by atoms with Crippen molar-refractivity contribution in [3.63, 3.8) is 0 Å². The molecule has 6 heteroatoms. The van der Waals surface area contributed by atoms with Crippen LogP contribution in [0.15, 0.2) is 66.7 Å². The van der Waals surface area contributed by atoms with Crippen molar-refractivity contribution < 1.29 is 9.59 Å². The predicted octanol–water partition coefficient (Wildman–Crippen LogP) is 4.47. The summed E-state index contributed by atoms with van der Waals surface area (Å²) in [7, 11) is 0. The van der Waals surface area contributed by atoms with Gasteiger partial charge in [-0.25, -0.2) is 4.79 Å². The van der Waals surface area contributed by atoms with E-state index in [9.17, 15) is 9.59 Å². The fraction of sp³-hybridized carbons (Fsp3) is 0.0476. The molecule has 3 amide bonds. The standard InChI is InChI=1S/C21H16ClN3O2/c22-14-3-1-4-16(11-14)25(21(23)27)15-9-7-13(8-10-15)17-5-2-6-18-19(17)12-24-20(18)26/h1-11H,12H2,(H2,23,27)(H,24,26). The number of carbonyl (C=O) groups is 2. The highest BCUT2D eigenvalue weighted by molar-refractivity contribution is 6.31. The zero-order chi connectivity index (χ0) is 19.0. The largest absolute Gasteiger partial charge is 0.351 e. The van der Waals surface area contributed by atoms with E-state index in [2.05, 4.69) is 5.32 Å². The van der Waals surface area contributed by atoms with Crippen molar-refractivity contribution in [2.45, 2.75) is 6.54 Å². The molecule has 0 spiro atoms. The maximum Gasteiger partial charge on any atom is 0.323 e. The number of halogens is 1. The molecule has 0 radical (unpaired) electrons. The summed E-state index contributed by atoms with van der Waals surface area (Å²) in [6.45, 7) is 0.516. The topological polar surface area (TPSA) is 75.4 Å². The van der Waals surface area contributed by atoms with Crippen molar-refractivity contribution in [3.8, 4) is 11.1 Å². The lowest BCUT2D eigenvalue weighted by Crippen LogP contribution is -2.31. The van der Waals surface area contributed by atoms with Gasteiger partial charge >= 0.3 is 6.03 Å². The van der Waals surface area contributed by atoms with E-state index < -0.39 is 6.03 Å². The van der Waals surface area contributed by atoms with Gasteiger partial charge in [-0.3, -0.25) is 9.69 Å². The number of carbonyl (C=O) groups excluding carboxylic acids is 2. The number of amides is 3. The van der Waals surface area contributed by atoms with Gasteiger partial charge in [0, 0.05) is 17.1 Å². The van der Waals surface area contributed by atoms with Gasteiger partial charge in [0.2, 0.25) is 0 Å². The van der Waals surface area contributed by atoms with Crippen LogP contribution in [0.2, 0.25) is 5.02 Å². The number of fused-ring (bicyclic) bond motifs is 1. The Balaban J connectivity index is 1.72. The molecule has 3 N–H and O–H groups in total. The predicted molar refractivity (Wildman–Crippen MR) is 106 cm³/mol. The summed E-state index contributed by atoms with van der Waals surface area (Å²) in [5.41, 5.74) is 10.5. The highest BCUT2D eigenvalue weighted by Gasteiger charge is 2.22. The molecule has 27 heavy (non-hydrogen) atoms. The molecule has 3 aromatic rings. The molecule has 0 fully saturated rings. The lowest BCUT2D eigenvalue weighted by atomic mass is 9.97. The molecule has 0 saturated carbocycles. The maximum absolute atomic E-state index is 12.0. The van der Waals surface area contributed by atoms with Crippen molar-refractivity contribution in [2.75, 3.05) is 4.90 Å². The molecule has 0 saturated heterocycles. The van der Waals surface area contributed by atoms with Crippen LogP contribution in [-0.2, 0) is 6.54 Å². The first kappa shape index (κ1) is 17.1. The number of benzene rings is 3. The molecule has 1 aliphatic rings. The molecular formula is C21H16ClN3O2. The molecule has 0 atom stereocenters. The number of hydrogen-bond acceptors (Lipinski definition) is 2. The van der Waals surface area contributed by atoms with E-state index >= 15 is 0 Å². The molecule has 134 valence electrons. The quantitative estimate of drug-likeness (QED) is 0.706. The van der Waals surface area contributed by atoms with E-state index in [1.54, 1.807) is 24.3 Å². The third kappa shape index (κ3) is 3.13. The summed E-state index contributed by atoms with van der Waals surface area (Å²) in [5.74, 6) is -0.0515. The maximum atomic E-state index is 12.0. The highest BCUT2D eigenvalue weighted by Crippen LogP contribution is 2.32. The van der Waals surface area contributed by atoms with Crippen LogP contribution >= 0.6 is 11.6 Å². The van der Waals surface area contributed by atoms with Gasteiger partial charge in [0.1, 0.15) is 0 Å². The summed E-state index contributed by atoms with van der Waals surface area (Å²) >= 11 is 6.04. The number of anilines is 2. The van der Waals surface area contributed by atoms with Crippen LogP contribution in [0.25, 0.3) is 11.1 Å². The molecule has 4 rings (SSSR count). The Bertz CT molecular complexity index is 1050. The smallest absolute Gasteiger partial charge is 0.323 e. The van der Waals surface area contributed by atoms with Gasteiger partial charge in [0.25, 0.3) is 5.91 Å². The van der Waals surface area contributed by atoms with E-state index in [4.69, 9.17) is 17.3 Å². The Morgan fingerprint density at radius 1 is 0.963 bits per heavy atom. The molecule has 0 aliphatic carbocycles. The van der Waals surface area contributed by atoms with E-state index in [0.717, 1.165) is 16.7 Å². The third-order valence-corrected chi connectivity index (χ3v) is 4.80. The summed E-state index contributed by atoms with van der Waals surface area (Å²) in [4.78, 5) is 25.3. The Hall–Kier alpha value is -3.31. The van der Waals surface area contributed by atoms with E-state index in [-0.39, 0.29) is 5.91 Å². The normalized spacial score (nSPS) is 12.4. The number of rotatable bonds is 3. The van der Waals surface area contributed by atoms with Crippen molar-refractivity contribution in [2.24, 2.45) is 5.73 Å². The van der Waals surface area contributed by atoms with E-state index in [1.165, 1.54) is 4.90 Å². The van der Waals surface area contributed by atoms with E-state index in [1.807, 2.05) is 42.5 Å². The Kier molecular flexibility index (Phi) is 4.30. The molecule has 5 nitrogen and oxygen atoms in total. The van der Waals surface area contributed by atoms with Gasteiger partial charge in [0.05, 0.1) is 11.4 Å². The number of nitrogens with one attached hydrogen (secondary N) is 1. The van der Waals surface area contributed by atoms with Gasteiger partial charge in [-0.15, -0.1) is 0 Å². The van der Waals surface area contributed by atoms with Crippen LogP contribution in [0.4, 0.5) is 16.2 Å². The number of nitrogens with zero attached hydrogens (tertiary/aromatic N) is 1. The Morgan fingerprint density at radius 2 is 1.67 bits per heavy atom. The molecular weight excluding hydrogens is 362 g/mol. The molecule has 3 aromatic carbocycles. The lowest BCUT2D eigenvalue weighted by molar-refractivity contribution is 0.0965. The second-order valence-electron chi connectivity index (χ2n) is 6.21. The SMILES string of the molecule is NC(=O)N(c1ccc(-c2cccc3c2CNC3=O)cc1)c1cccc(Cl)c1. The minimum atomic E-state index is -0.597. The molecule has 0 bridgehead atoms. The van der Waals surface area contributed by atoms with Crippen molar-refractivity contribution in [3.05, 3.63) is 82.9 Å². The fourth-order valence-corrected chi connectivity index (χ4v) is 3.52. The van der Waals surface area contributed by atoms with Crippen LogP contribution in [0.1, 0.15) is 15.9 Å².